The van der Waals surface area contributed by atoms with Crippen LogP contribution in [0.15, 0.2) is 24.3 Å². The number of hydrogen-bond acceptors (Lipinski definition) is 4. The van der Waals surface area contributed by atoms with Gasteiger partial charge in [0.25, 0.3) is 5.91 Å². The average molecular weight is 346 g/mol. The molecule has 2 saturated heterocycles. The van der Waals surface area contributed by atoms with Crippen molar-refractivity contribution >= 4 is 5.91 Å². The summed E-state index contributed by atoms with van der Waals surface area (Å²) < 4.78 is 11.4. The van der Waals surface area contributed by atoms with Crippen LogP contribution in [0.25, 0.3) is 0 Å². The summed E-state index contributed by atoms with van der Waals surface area (Å²) in [7, 11) is 0. The first kappa shape index (κ1) is 18.2. The van der Waals surface area contributed by atoms with Crippen molar-refractivity contribution < 1.29 is 14.3 Å². The van der Waals surface area contributed by atoms with Crippen molar-refractivity contribution in [1.29, 1.82) is 0 Å². The van der Waals surface area contributed by atoms with E-state index in [-0.39, 0.29) is 18.1 Å². The van der Waals surface area contributed by atoms with Crippen LogP contribution in [0.3, 0.4) is 0 Å². The molecule has 0 aromatic heterocycles. The molecule has 1 atom stereocenters. The number of ether oxygens (including phenoxy) is 2. The lowest BCUT2D eigenvalue weighted by atomic mass is 9.92. The van der Waals surface area contributed by atoms with Crippen LogP contribution in [0.1, 0.15) is 38.7 Å². The minimum atomic E-state index is 0.000217. The molecule has 2 aliphatic heterocycles. The van der Waals surface area contributed by atoms with Crippen molar-refractivity contribution in [3.8, 4) is 5.75 Å². The minimum absolute atomic E-state index is 0.000217. The van der Waals surface area contributed by atoms with E-state index in [2.05, 4.69) is 31.7 Å². The first-order valence-electron chi connectivity index (χ1n) is 9.37. The fourth-order valence-corrected chi connectivity index (χ4v) is 3.89. The number of piperazine rings is 1. The maximum atomic E-state index is 12.7. The van der Waals surface area contributed by atoms with Gasteiger partial charge in [-0.2, -0.15) is 0 Å². The van der Waals surface area contributed by atoms with Crippen molar-refractivity contribution in [2.24, 2.45) is 0 Å². The van der Waals surface area contributed by atoms with Crippen molar-refractivity contribution in [2.75, 3.05) is 46.0 Å². The molecule has 0 radical (unpaired) electrons. The number of amides is 1. The zero-order valence-corrected chi connectivity index (χ0v) is 15.7. The van der Waals surface area contributed by atoms with Crippen LogP contribution in [-0.2, 0) is 9.53 Å². The molecule has 1 spiro atoms. The van der Waals surface area contributed by atoms with Crippen LogP contribution >= 0.6 is 0 Å². The Morgan fingerprint density at radius 2 is 2.20 bits per heavy atom. The predicted octanol–water partition coefficient (Wildman–Crippen LogP) is 2.51. The molecule has 2 heterocycles. The van der Waals surface area contributed by atoms with Crippen LogP contribution in [0.2, 0.25) is 0 Å². The molecule has 1 aromatic carbocycles. The number of likely N-dealkylation sites (N-methyl/N-ethyl adjacent to an activating group) is 1. The van der Waals surface area contributed by atoms with E-state index >= 15 is 0 Å². The first-order valence-corrected chi connectivity index (χ1v) is 9.37. The highest BCUT2D eigenvalue weighted by Crippen LogP contribution is 2.30. The van der Waals surface area contributed by atoms with E-state index in [1.165, 1.54) is 5.56 Å². The Bertz CT molecular complexity index is 596. The fraction of sp³-hybridized carbons (Fsp3) is 0.650. The number of benzene rings is 1. The summed E-state index contributed by atoms with van der Waals surface area (Å²) in [5.41, 5.74) is 1.23. The topological polar surface area (TPSA) is 42.0 Å². The Hall–Kier alpha value is -1.59. The zero-order chi connectivity index (χ0) is 17.9. The molecule has 25 heavy (non-hydrogen) atoms. The molecule has 1 unspecified atom stereocenters. The number of carbonyl (C=O) groups excluding carboxylic acids is 1. The minimum Gasteiger partial charge on any atom is -0.484 e. The summed E-state index contributed by atoms with van der Waals surface area (Å²) in [5.74, 6) is 1.28. The summed E-state index contributed by atoms with van der Waals surface area (Å²) in [6.45, 7) is 11.5. The number of hydrogen-bond donors (Lipinski definition) is 0. The number of carbonyl (C=O) groups is 1. The van der Waals surface area contributed by atoms with Gasteiger partial charge in [0.15, 0.2) is 6.61 Å². The molecule has 0 saturated carbocycles. The van der Waals surface area contributed by atoms with Crippen LogP contribution in [0.4, 0.5) is 0 Å². The van der Waals surface area contributed by atoms with Crippen molar-refractivity contribution in [2.45, 2.75) is 38.6 Å². The smallest absolute Gasteiger partial charge is 0.260 e. The van der Waals surface area contributed by atoms with Gasteiger partial charge < -0.3 is 14.4 Å². The van der Waals surface area contributed by atoms with E-state index in [9.17, 15) is 4.79 Å². The molecule has 2 fully saturated rings. The second-order valence-electron chi connectivity index (χ2n) is 7.44. The molecular formula is C20H30N2O3. The summed E-state index contributed by atoms with van der Waals surface area (Å²) in [6, 6.07) is 8.02. The van der Waals surface area contributed by atoms with E-state index in [0.29, 0.717) is 5.92 Å². The quantitative estimate of drug-likeness (QED) is 0.822. The zero-order valence-electron chi connectivity index (χ0n) is 15.7. The number of rotatable bonds is 5. The monoisotopic (exact) mass is 346 g/mol. The van der Waals surface area contributed by atoms with Crippen LogP contribution < -0.4 is 4.74 Å². The Morgan fingerprint density at radius 3 is 2.88 bits per heavy atom. The third kappa shape index (κ3) is 3.98. The summed E-state index contributed by atoms with van der Waals surface area (Å²) >= 11 is 0. The average Bonchev–Trinajstić information content (AvgIpc) is 3.08. The van der Waals surface area contributed by atoms with E-state index in [0.717, 1.165) is 51.6 Å². The summed E-state index contributed by atoms with van der Waals surface area (Å²) in [4.78, 5) is 17.1. The lowest BCUT2D eigenvalue weighted by Gasteiger charge is -2.47. The largest absolute Gasteiger partial charge is 0.484 e. The molecular weight excluding hydrogens is 316 g/mol. The van der Waals surface area contributed by atoms with Gasteiger partial charge in [0.05, 0.1) is 12.1 Å². The van der Waals surface area contributed by atoms with Gasteiger partial charge >= 0.3 is 0 Å². The molecule has 1 aromatic rings. The summed E-state index contributed by atoms with van der Waals surface area (Å²) in [6.07, 6.45) is 1.00. The van der Waals surface area contributed by atoms with E-state index in [4.69, 9.17) is 9.47 Å². The molecule has 0 N–H and O–H groups in total. The third-order valence-electron chi connectivity index (χ3n) is 5.50. The van der Waals surface area contributed by atoms with Crippen molar-refractivity contribution in [3.63, 3.8) is 0 Å². The fourth-order valence-electron chi connectivity index (χ4n) is 3.89. The highest BCUT2D eigenvalue weighted by molar-refractivity contribution is 5.78. The molecule has 0 bridgehead atoms. The second-order valence-corrected chi connectivity index (χ2v) is 7.44. The molecule has 0 aliphatic carbocycles. The Morgan fingerprint density at radius 1 is 1.36 bits per heavy atom. The van der Waals surface area contributed by atoms with Gasteiger partial charge in [-0.05, 0) is 36.6 Å². The second kappa shape index (κ2) is 7.75. The highest BCUT2D eigenvalue weighted by atomic mass is 16.5. The Balaban J connectivity index is 1.59. The lowest BCUT2D eigenvalue weighted by Crippen LogP contribution is -2.64. The molecule has 3 rings (SSSR count). The molecule has 2 aliphatic rings. The van der Waals surface area contributed by atoms with Gasteiger partial charge in [-0.15, -0.1) is 0 Å². The maximum absolute atomic E-state index is 12.7. The highest BCUT2D eigenvalue weighted by Gasteiger charge is 2.45. The Labute approximate surface area is 150 Å². The SMILES string of the molecule is CCN1CCN(C(=O)COc2cccc(C(C)C)c2)CC12CCOC2. The Kier molecular flexibility index (Phi) is 5.64. The molecule has 1 amide bonds. The van der Waals surface area contributed by atoms with Gasteiger partial charge in [-0.25, -0.2) is 0 Å². The van der Waals surface area contributed by atoms with Gasteiger partial charge in [-0.1, -0.05) is 32.9 Å². The number of nitrogens with zero attached hydrogens (tertiary/aromatic N) is 2. The van der Waals surface area contributed by atoms with Crippen molar-refractivity contribution in [3.05, 3.63) is 29.8 Å². The van der Waals surface area contributed by atoms with Gasteiger partial charge in [0.1, 0.15) is 5.75 Å². The van der Waals surface area contributed by atoms with E-state index in [1.54, 1.807) is 0 Å². The van der Waals surface area contributed by atoms with Gasteiger partial charge in [0.2, 0.25) is 0 Å². The molecule has 5 nitrogen and oxygen atoms in total. The normalized spacial score (nSPS) is 24.2. The van der Waals surface area contributed by atoms with E-state index in [1.807, 2.05) is 23.1 Å². The predicted molar refractivity (Wildman–Crippen MR) is 98.0 cm³/mol. The van der Waals surface area contributed by atoms with Crippen molar-refractivity contribution in [1.82, 2.24) is 9.80 Å². The standard InChI is InChI=1S/C20H30N2O3/c1-4-22-10-9-21(14-20(22)8-11-24-15-20)19(23)13-25-18-7-5-6-17(12-18)16(2)3/h5-7,12,16H,4,8-11,13-15H2,1-3H3. The maximum Gasteiger partial charge on any atom is 0.260 e. The van der Waals surface area contributed by atoms with Crippen LogP contribution in [0, 0.1) is 0 Å². The van der Waals surface area contributed by atoms with E-state index < -0.39 is 0 Å². The van der Waals surface area contributed by atoms with Gasteiger partial charge in [-0.3, -0.25) is 9.69 Å². The molecule has 138 valence electrons. The molecule has 5 heteroatoms. The van der Waals surface area contributed by atoms with Gasteiger partial charge in [0, 0.05) is 26.2 Å². The van der Waals surface area contributed by atoms with Crippen LogP contribution in [0.5, 0.6) is 5.75 Å². The lowest BCUT2D eigenvalue weighted by molar-refractivity contribution is -0.139. The third-order valence-corrected chi connectivity index (χ3v) is 5.50. The van der Waals surface area contributed by atoms with Crippen LogP contribution in [-0.4, -0.2) is 67.2 Å². The summed E-state index contributed by atoms with van der Waals surface area (Å²) in [5, 5.41) is 0. The first-order chi connectivity index (χ1) is 12.0.